The third kappa shape index (κ3) is 9.12. The van der Waals surface area contributed by atoms with Crippen LogP contribution in [0.15, 0.2) is 12.1 Å². The zero-order valence-corrected chi connectivity index (χ0v) is 32.3. The average Bonchev–Trinajstić information content (AvgIpc) is 3.66. The molecule has 2 amide bonds. The Morgan fingerprint density at radius 1 is 1.00 bits per heavy atom. The monoisotopic (exact) mass is 744 g/mol. The fourth-order valence-corrected chi connectivity index (χ4v) is 9.02. The van der Waals surface area contributed by atoms with E-state index in [-0.39, 0.29) is 47.3 Å². The van der Waals surface area contributed by atoms with Gasteiger partial charge in [0.15, 0.2) is 5.69 Å². The smallest absolute Gasteiger partial charge is 0.268 e. The number of hydrogen-bond acceptors (Lipinski definition) is 7. The van der Waals surface area contributed by atoms with Crippen molar-refractivity contribution in [1.82, 2.24) is 29.8 Å². The topological polar surface area (TPSA) is 143 Å². The van der Waals surface area contributed by atoms with Crippen LogP contribution in [0.1, 0.15) is 104 Å². The van der Waals surface area contributed by atoms with Crippen LogP contribution in [0.25, 0.3) is 11.1 Å². The third-order valence-electron chi connectivity index (χ3n) is 11.0. The van der Waals surface area contributed by atoms with Gasteiger partial charge in [-0.15, -0.1) is 5.10 Å². The average molecular weight is 745 g/mol. The van der Waals surface area contributed by atoms with Gasteiger partial charge in [0.05, 0.1) is 11.6 Å². The molecule has 0 spiro atoms. The van der Waals surface area contributed by atoms with Crippen molar-refractivity contribution in [3.63, 3.8) is 0 Å². The van der Waals surface area contributed by atoms with Crippen LogP contribution < -0.4 is 11.1 Å². The summed E-state index contributed by atoms with van der Waals surface area (Å²) in [5, 5.41) is 15.7. The number of hydrogen-bond donors (Lipinski definition) is 2. The van der Waals surface area contributed by atoms with Crippen molar-refractivity contribution in [2.75, 3.05) is 25.3 Å². The molecule has 3 N–H and O–H groups in total. The molecule has 0 unspecified atom stereocenters. The predicted octanol–water partition coefficient (Wildman–Crippen LogP) is 7.68. The number of rotatable bonds is 16. The van der Waals surface area contributed by atoms with E-state index in [1.807, 2.05) is 6.92 Å². The maximum Gasteiger partial charge on any atom is 0.268 e. The summed E-state index contributed by atoms with van der Waals surface area (Å²) in [4.78, 5) is 31.7. The summed E-state index contributed by atoms with van der Waals surface area (Å²) in [6.45, 7) is 9.12. The van der Waals surface area contributed by atoms with E-state index in [4.69, 9.17) is 10.5 Å². The first-order valence-electron chi connectivity index (χ1n) is 18.8. The van der Waals surface area contributed by atoms with Gasteiger partial charge in [0, 0.05) is 31.5 Å². The molecule has 3 aromatic heterocycles. The van der Waals surface area contributed by atoms with E-state index in [0.717, 1.165) is 80.6 Å². The Labute approximate surface area is 305 Å². The number of amides is 2. The Morgan fingerprint density at radius 3 is 2.15 bits per heavy atom. The van der Waals surface area contributed by atoms with E-state index in [1.54, 1.807) is 23.7 Å². The number of aromatic nitrogens is 6. The molecule has 0 saturated heterocycles. The molecule has 11 nitrogen and oxygen atoms in total. The van der Waals surface area contributed by atoms with Gasteiger partial charge >= 0.3 is 0 Å². The SMILES string of the molecule is Cc1nn(COCC[Si](C)(C)C)c(C)c1-c1ccc(NC(=O)[C@H](c2nnn(C(CF)CF)c2C(N)=O)C(C2CCCCC2)C2CCCCC2)nc1F. The molecular formula is C37H55F3N8O3Si. The van der Waals surface area contributed by atoms with Gasteiger partial charge < -0.3 is 15.8 Å². The molecule has 1 atom stereocenters. The van der Waals surface area contributed by atoms with Gasteiger partial charge in [0.1, 0.15) is 37.6 Å². The Hall–Kier alpha value is -3.59. The summed E-state index contributed by atoms with van der Waals surface area (Å²) in [6, 6.07) is 2.72. The lowest BCUT2D eigenvalue weighted by atomic mass is 9.63. The van der Waals surface area contributed by atoms with Gasteiger partial charge in [-0.1, -0.05) is 89.1 Å². The van der Waals surface area contributed by atoms with Crippen LogP contribution in [-0.2, 0) is 16.3 Å². The Bertz CT molecular complexity index is 1660. The minimum atomic E-state index is -1.41. The van der Waals surface area contributed by atoms with Crippen molar-refractivity contribution in [3.8, 4) is 11.1 Å². The normalized spacial score (nSPS) is 16.9. The van der Waals surface area contributed by atoms with Crippen molar-refractivity contribution in [2.24, 2.45) is 23.5 Å². The highest BCUT2D eigenvalue weighted by Crippen LogP contribution is 2.47. The zero-order chi connectivity index (χ0) is 37.6. The number of nitrogens with zero attached hydrogens (tertiary/aromatic N) is 6. The summed E-state index contributed by atoms with van der Waals surface area (Å²) < 4.78 is 52.2. The fraction of sp³-hybridized carbons (Fsp3) is 0.676. The maximum atomic E-state index is 15.9. The van der Waals surface area contributed by atoms with Crippen molar-refractivity contribution < 1.29 is 27.5 Å². The van der Waals surface area contributed by atoms with Crippen LogP contribution in [0.4, 0.5) is 19.0 Å². The lowest BCUT2D eigenvalue weighted by molar-refractivity contribution is -0.120. The van der Waals surface area contributed by atoms with E-state index in [0.29, 0.717) is 17.9 Å². The summed E-state index contributed by atoms with van der Waals surface area (Å²) in [5.41, 5.74) is 7.74. The minimum Gasteiger partial charge on any atom is -0.364 e. The molecule has 0 radical (unpaired) electrons. The summed E-state index contributed by atoms with van der Waals surface area (Å²) in [5.74, 6) is -3.30. The first-order chi connectivity index (χ1) is 24.8. The Kier molecular flexibility index (Phi) is 13.3. The number of primary amides is 1. The number of carbonyl (C=O) groups excluding carboxylic acids is 2. The lowest BCUT2D eigenvalue weighted by Gasteiger charge is -2.41. The minimum absolute atomic E-state index is 0.000801. The number of nitrogens with one attached hydrogen (secondary N) is 1. The third-order valence-corrected chi connectivity index (χ3v) is 12.7. The number of ether oxygens (including phenoxy) is 1. The van der Waals surface area contributed by atoms with Crippen molar-refractivity contribution in [3.05, 3.63) is 40.9 Å². The standard InChI is InChI=1S/C37H55F3N8O3Si/c1-23-30(24(2)47(45-23)22-51-18-19-52(3,4)5)28-16-17-29(42-35(28)40)43-37(50)32(33-34(36(41)49)48(46-44-33)27(20-38)21-39)31(25-12-8-6-9-13-25)26-14-10-7-11-15-26/h16-17,25-27,31-32H,6-15,18-22H2,1-5H3,(H2,41,49)(H,42,43,50)/t32-/m0/s1. The van der Waals surface area contributed by atoms with Crippen LogP contribution >= 0.6 is 0 Å². The number of halogens is 3. The number of aryl methyl sites for hydroxylation is 1. The quantitative estimate of drug-likeness (QED) is 0.0870. The fourth-order valence-electron chi connectivity index (χ4n) is 8.27. The van der Waals surface area contributed by atoms with Crippen LogP contribution in [0.3, 0.4) is 0 Å². The molecule has 2 saturated carbocycles. The largest absolute Gasteiger partial charge is 0.364 e. The number of carbonyl (C=O) groups is 2. The molecule has 0 aliphatic heterocycles. The van der Waals surface area contributed by atoms with Gasteiger partial charge in [-0.3, -0.25) is 9.59 Å². The zero-order valence-electron chi connectivity index (χ0n) is 31.3. The first kappa shape index (κ1) is 39.6. The van der Waals surface area contributed by atoms with Gasteiger partial charge in [-0.25, -0.2) is 23.1 Å². The van der Waals surface area contributed by atoms with Gasteiger partial charge in [-0.2, -0.15) is 9.49 Å². The summed E-state index contributed by atoms with van der Waals surface area (Å²) >= 11 is 0. The van der Waals surface area contributed by atoms with E-state index < -0.39 is 51.1 Å². The van der Waals surface area contributed by atoms with E-state index in [9.17, 15) is 18.4 Å². The molecule has 15 heteroatoms. The van der Waals surface area contributed by atoms with Crippen molar-refractivity contribution >= 4 is 25.7 Å². The number of alkyl halides is 2. The lowest BCUT2D eigenvalue weighted by Crippen LogP contribution is -2.39. The van der Waals surface area contributed by atoms with E-state index in [1.165, 1.54) is 0 Å². The molecule has 5 rings (SSSR count). The molecule has 2 aliphatic rings. The molecule has 2 fully saturated rings. The molecule has 2 aliphatic carbocycles. The number of pyridine rings is 1. The first-order valence-corrected chi connectivity index (χ1v) is 22.5. The van der Waals surface area contributed by atoms with E-state index >= 15 is 4.39 Å². The predicted molar refractivity (Wildman–Crippen MR) is 197 cm³/mol. The second-order valence-electron chi connectivity index (χ2n) is 15.9. The number of nitrogens with two attached hydrogens (primary N) is 1. The molecule has 286 valence electrons. The second kappa shape index (κ2) is 17.5. The summed E-state index contributed by atoms with van der Waals surface area (Å²) in [6.07, 6.45) is 9.85. The highest BCUT2D eigenvalue weighted by atomic mass is 28.3. The molecule has 0 bridgehead atoms. The highest BCUT2D eigenvalue weighted by Gasteiger charge is 2.45. The maximum absolute atomic E-state index is 15.9. The molecule has 3 heterocycles. The molecule has 3 aromatic rings. The summed E-state index contributed by atoms with van der Waals surface area (Å²) in [7, 11) is -1.26. The van der Waals surface area contributed by atoms with Crippen LogP contribution in [-0.4, -0.2) is 69.6 Å². The highest BCUT2D eigenvalue weighted by molar-refractivity contribution is 6.76. The Morgan fingerprint density at radius 2 is 1.62 bits per heavy atom. The molecule has 0 aromatic carbocycles. The van der Waals surface area contributed by atoms with Crippen molar-refractivity contribution in [2.45, 2.75) is 122 Å². The van der Waals surface area contributed by atoms with Gasteiger partial charge in [-0.05, 0) is 49.8 Å². The number of anilines is 1. The Balaban J connectivity index is 1.49. The molecular weight excluding hydrogens is 690 g/mol. The van der Waals surface area contributed by atoms with E-state index in [2.05, 4.69) is 45.4 Å². The second-order valence-corrected chi connectivity index (χ2v) is 21.5. The molecule has 52 heavy (non-hydrogen) atoms. The van der Waals surface area contributed by atoms with Crippen LogP contribution in [0.5, 0.6) is 0 Å². The van der Waals surface area contributed by atoms with Gasteiger partial charge in [0.25, 0.3) is 5.91 Å². The van der Waals surface area contributed by atoms with Gasteiger partial charge in [0.2, 0.25) is 11.9 Å². The van der Waals surface area contributed by atoms with Crippen LogP contribution in [0.2, 0.25) is 25.7 Å². The van der Waals surface area contributed by atoms with Crippen molar-refractivity contribution in [1.29, 1.82) is 0 Å². The van der Waals surface area contributed by atoms with Crippen LogP contribution in [0, 0.1) is 37.5 Å².